The van der Waals surface area contributed by atoms with E-state index < -0.39 is 0 Å². The summed E-state index contributed by atoms with van der Waals surface area (Å²) in [5.41, 5.74) is 1.46. The molecule has 0 spiro atoms. The largest absolute Gasteiger partial charge is 0.494 e. The van der Waals surface area contributed by atoms with Gasteiger partial charge in [-0.25, -0.2) is 0 Å². The summed E-state index contributed by atoms with van der Waals surface area (Å²) < 4.78 is 10.8. The van der Waals surface area contributed by atoms with Crippen LogP contribution in [0.15, 0.2) is 53.1 Å². The van der Waals surface area contributed by atoms with E-state index in [2.05, 4.69) is 15.5 Å². The molecule has 2 N–H and O–H groups in total. The highest BCUT2D eigenvalue weighted by Gasteiger charge is 2.16. The van der Waals surface area contributed by atoms with Crippen molar-refractivity contribution < 1.29 is 18.7 Å². The summed E-state index contributed by atoms with van der Waals surface area (Å²) in [5, 5.41) is 6.21. The van der Waals surface area contributed by atoms with E-state index in [1.54, 1.807) is 18.2 Å². The van der Waals surface area contributed by atoms with E-state index in [1.165, 1.54) is 17.6 Å². The molecular weight excluding hydrogens is 402 g/mol. The second-order valence-electron chi connectivity index (χ2n) is 7.04. The van der Waals surface area contributed by atoms with Gasteiger partial charge in [-0.05, 0) is 75.5 Å². The Morgan fingerprint density at radius 1 is 1.10 bits per heavy atom. The number of rotatable bonds is 9. The number of thiophene rings is 1. The van der Waals surface area contributed by atoms with Crippen molar-refractivity contribution in [3.63, 3.8) is 0 Å². The third-order valence-corrected chi connectivity index (χ3v) is 5.39. The fraction of sp³-hybridized carbons (Fsp3) is 0.273. The number of amides is 2. The van der Waals surface area contributed by atoms with E-state index in [4.69, 9.17) is 9.15 Å². The van der Waals surface area contributed by atoms with Crippen LogP contribution in [0.2, 0.25) is 0 Å². The number of anilines is 2. The first-order valence-corrected chi connectivity index (χ1v) is 10.4. The van der Waals surface area contributed by atoms with Gasteiger partial charge in [0, 0.05) is 12.2 Å². The second kappa shape index (κ2) is 10.1. The average molecular weight is 428 g/mol. The molecule has 0 unspecified atom stereocenters. The minimum absolute atomic E-state index is 0.219. The molecule has 158 valence electrons. The molecule has 8 heteroatoms. The number of hydrogen-bond donors (Lipinski definition) is 2. The van der Waals surface area contributed by atoms with Crippen LogP contribution in [0.5, 0.6) is 5.75 Å². The van der Waals surface area contributed by atoms with Gasteiger partial charge in [-0.2, -0.15) is 0 Å². The summed E-state index contributed by atoms with van der Waals surface area (Å²) in [7, 11) is 4.06. The van der Waals surface area contributed by atoms with Gasteiger partial charge < -0.3 is 24.7 Å². The number of nitrogens with one attached hydrogen (secondary N) is 2. The predicted octanol–water partition coefficient (Wildman–Crippen LogP) is 4.48. The fourth-order valence-electron chi connectivity index (χ4n) is 2.74. The van der Waals surface area contributed by atoms with Gasteiger partial charge in [0.25, 0.3) is 11.8 Å². The van der Waals surface area contributed by atoms with Crippen LogP contribution < -0.4 is 15.4 Å². The van der Waals surface area contributed by atoms with Crippen molar-refractivity contribution >= 4 is 33.8 Å². The number of carbonyl (C=O) groups excluding carboxylic acids is 2. The number of furan rings is 1. The van der Waals surface area contributed by atoms with Crippen LogP contribution in [0, 0.1) is 6.92 Å². The quantitative estimate of drug-likeness (QED) is 0.492. The zero-order chi connectivity index (χ0) is 21.5. The molecule has 0 bridgehead atoms. The maximum absolute atomic E-state index is 12.7. The van der Waals surface area contributed by atoms with Crippen LogP contribution >= 0.6 is 11.3 Å². The monoisotopic (exact) mass is 427 g/mol. The molecule has 30 heavy (non-hydrogen) atoms. The Morgan fingerprint density at radius 3 is 2.53 bits per heavy atom. The van der Waals surface area contributed by atoms with Crippen molar-refractivity contribution in [2.75, 3.05) is 37.9 Å². The first-order chi connectivity index (χ1) is 14.4. The summed E-state index contributed by atoms with van der Waals surface area (Å²) in [5.74, 6) is 0.406. The predicted molar refractivity (Wildman–Crippen MR) is 119 cm³/mol. The van der Waals surface area contributed by atoms with Crippen LogP contribution in [0.25, 0.3) is 0 Å². The molecule has 0 fully saturated rings. The lowest BCUT2D eigenvalue weighted by atomic mass is 10.2. The van der Waals surface area contributed by atoms with E-state index in [1.807, 2.05) is 45.3 Å². The SMILES string of the molecule is Cc1cc(NC(=O)c2ccco2)sc1C(=O)Nc1ccc(OCCCN(C)C)cc1. The van der Waals surface area contributed by atoms with E-state index >= 15 is 0 Å². The molecule has 0 aliphatic carbocycles. The molecule has 2 amide bonds. The van der Waals surface area contributed by atoms with Gasteiger partial charge in [-0.15, -0.1) is 11.3 Å². The first kappa shape index (κ1) is 21.6. The Kier molecular flexibility index (Phi) is 7.26. The highest BCUT2D eigenvalue weighted by atomic mass is 32.1. The van der Waals surface area contributed by atoms with Crippen molar-refractivity contribution in [2.24, 2.45) is 0 Å². The highest BCUT2D eigenvalue weighted by Crippen LogP contribution is 2.28. The van der Waals surface area contributed by atoms with Crippen molar-refractivity contribution in [3.8, 4) is 5.75 Å². The molecule has 3 rings (SSSR count). The number of aryl methyl sites for hydroxylation is 1. The van der Waals surface area contributed by atoms with Crippen molar-refractivity contribution in [3.05, 3.63) is 64.9 Å². The van der Waals surface area contributed by atoms with Crippen LogP contribution in [0.3, 0.4) is 0 Å². The van der Waals surface area contributed by atoms with Crippen LogP contribution in [0.4, 0.5) is 10.7 Å². The lowest BCUT2D eigenvalue weighted by Crippen LogP contribution is -2.15. The maximum Gasteiger partial charge on any atom is 0.291 e. The Labute approximate surface area is 179 Å². The first-order valence-electron chi connectivity index (χ1n) is 9.56. The zero-order valence-corrected chi connectivity index (χ0v) is 18.0. The Balaban J connectivity index is 1.55. The minimum Gasteiger partial charge on any atom is -0.494 e. The Bertz CT molecular complexity index is 978. The van der Waals surface area contributed by atoms with Crippen LogP contribution in [0.1, 0.15) is 32.2 Å². The van der Waals surface area contributed by atoms with Gasteiger partial charge in [0.15, 0.2) is 5.76 Å². The van der Waals surface area contributed by atoms with Gasteiger partial charge in [0.2, 0.25) is 0 Å². The molecule has 0 saturated carbocycles. The normalized spacial score (nSPS) is 10.8. The third-order valence-electron chi connectivity index (χ3n) is 4.24. The number of nitrogens with zero attached hydrogens (tertiary/aromatic N) is 1. The van der Waals surface area contributed by atoms with E-state index in [0.29, 0.717) is 22.2 Å². The van der Waals surface area contributed by atoms with Crippen molar-refractivity contribution in [1.82, 2.24) is 4.90 Å². The number of hydrogen-bond acceptors (Lipinski definition) is 6. The third kappa shape index (κ3) is 5.95. The van der Waals surface area contributed by atoms with Gasteiger partial charge >= 0.3 is 0 Å². The Morgan fingerprint density at radius 2 is 1.87 bits per heavy atom. The summed E-state index contributed by atoms with van der Waals surface area (Å²) in [6.07, 6.45) is 2.38. The standard InChI is InChI=1S/C22H25N3O4S/c1-15-14-19(24-21(26)18-6-4-12-29-18)30-20(15)22(27)23-16-7-9-17(10-8-16)28-13-5-11-25(2)3/h4,6-10,12,14H,5,11,13H2,1-3H3,(H,23,27)(H,24,26). The zero-order valence-electron chi connectivity index (χ0n) is 17.2. The van der Waals surface area contributed by atoms with Gasteiger partial charge in [-0.1, -0.05) is 0 Å². The smallest absolute Gasteiger partial charge is 0.291 e. The fourth-order valence-corrected chi connectivity index (χ4v) is 3.71. The topological polar surface area (TPSA) is 83.8 Å². The minimum atomic E-state index is -0.352. The highest BCUT2D eigenvalue weighted by molar-refractivity contribution is 7.18. The summed E-state index contributed by atoms with van der Waals surface area (Å²) in [4.78, 5) is 27.4. The number of benzene rings is 1. The van der Waals surface area contributed by atoms with E-state index in [0.717, 1.165) is 24.3 Å². The van der Waals surface area contributed by atoms with Crippen LogP contribution in [-0.4, -0.2) is 44.0 Å². The summed E-state index contributed by atoms with van der Waals surface area (Å²) in [6, 6.07) is 12.3. The number of ether oxygens (including phenoxy) is 1. The molecule has 2 heterocycles. The Hall–Kier alpha value is -3.10. The average Bonchev–Trinajstić information content (AvgIpc) is 3.36. The second-order valence-corrected chi connectivity index (χ2v) is 8.09. The lowest BCUT2D eigenvalue weighted by Gasteiger charge is -2.11. The van der Waals surface area contributed by atoms with Crippen LogP contribution in [-0.2, 0) is 0 Å². The van der Waals surface area contributed by atoms with Gasteiger partial charge in [0.1, 0.15) is 5.75 Å². The van der Waals surface area contributed by atoms with Gasteiger partial charge in [0.05, 0.1) is 22.7 Å². The molecule has 1 aromatic carbocycles. The summed E-state index contributed by atoms with van der Waals surface area (Å²) in [6.45, 7) is 3.45. The maximum atomic E-state index is 12.7. The molecule has 2 aromatic heterocycles. The molecule has 7 nitrogen and oxygen atoms in total. The number of carbonyl (C=O) groups is 2. The molecule has 0 atom stereocenters. The van der Waals surface area contributed by atoms with Gasteiger partial charge in [-0.3, -0.25) is 9.59 Å². The molecule has 3 aromatic rings. The molecule has 0 aliphatic rings. The summed E-state index contributed by atoms with van der Waals surface area (Å²) >= 11 is 1.22. The van der Waals surface area contributed by atoms with E-state index in [9.17, 15) is 9.59 Å². The molecule has 0 saturated heterocycles. The molecule has 0 aliphatic heterocycles. The molecular formula is C22H25N3O4S. The van der Waals surface area contributed by atoms with Crippen molar-refractivity contribution in [2.45, 2.75) is 13.3 Å². The molecule has 0 radical (unpaired) electrons. The lowest BCUT2D eigenvalue weighted by molar-refractivity contribution is 0.0995. The van der Waals surface area contributed by atoms with E-state index in [-0.39, 0.29) is 17.6 Å². The van der Waals surface area contributed by atoms with Crippen molar-refractivity contribution in [1.29, 1.82) is 0 Å².